The molecular weight excluding hydrogens is 352 g/mol. The zero-order valence-corrected chi connectivity index (χ0v) is 15.2. The van der Waals surface area contributed by atoms with E-state index in [1.54, 1.807) is 31.6 Å². The van der Waals surface area contributed by atoms with Crippen LogP contribution in [-0.4, -0.2) is 23.0 Å². The lowest BCUT2D eigenvalue weighted by Gasteiger charge is -2.10. The van der Waals surface area contributed by atoms with Gasteiger partial charge in [0.15, 0.2) is 0 Å². The van der Waals surface area contributed by atoms with Crippen LogP contribution in [0.25, 0.3) is 10.9 Å². The first kappa shape index (κ1) is 17.5. The molecule has 0 saturated carbocycles. The van der Waals surface area contributed by atoms with E-state index < -0.39 is 0 Å². The number of benzene rings is 2. The maximum Gasteiger partial charge on any atom is 0.255 e. The van der Waals surface area contributed by atoms with Crippen LogP contribution in [0.4, 0.5) is 17.2 Å². The fourth-order valence-electron chi connectivity index (χ4n) is 2.86. The first-order valence-electron chi connectivity index (χ1n) is 8.75. The van der Waals surface area contributed by atoms with E-state index in [0.29, 0.717) is 17.1 Å². The highest BCUT2D eigenvalue weighted by Crippen LogP contribution is 2.22. The van der Waals surface area contributed by atoms with Crippen LogP contribution in [0, 0.1) is 0 Å². The van der Waals surface area contributed by atoms with E-state index in [9.17, 15) is 4.79 Å². The van der Waals surface area contributed by atoms with Gasteiger partial charge in [-0.15, -0.1) is 0 Å². The molecule has 0 bridgehead atoms. The monoisotopic (exact) mass is 370 g/mol. The molecule has 0 aliphatic rings. The summed E-state index contributed by atoms with van der Waals surface area (Å²) >= 11 is 0. The van der Waals surface area contributed by atoms with Gasteiger partial charge in [-0.25, -0.2) is 4.98 Å². The second-order valence-electron chi connectivity index (χ2n) is 6.12. The molecule has 2 heterocycles. The third-order valence-corrected chi connectivity index (χ3v) is 4.27. The minimum atomic E-state index is -0.224. The number of pyridine rings is 2. The third-order valence-electron chi connectivity index (χ3n) is 4.27. The number of carbonyl (C=O) groups is 1. The molecule has 0 radical (unpaired) electrons. The van der Waals surface area contributed by atoms with Crippen LogP contribution in [0.3, 0.4) is 0 Å². The Kier molecular flexibility index (Phi) is 4.84. The second kappa shape index (κ2) is 7.75. The summed E-state index contributed by atoms with van der Waals surface area (Å²) in [4.78, 5) is 21.4. The Morgan fingerprint density at radius 2 is 1.75 bits per heavy atom. The van der Waals surface area contributed by atoms with Crippen LogP contribution < -0.4 is 15.4 Å². The molecule has 0 aliphatic carbocycles. The van der Waals surface area contributed by atoms with E-state index in [-0.39, 0.29) is 5.91 Å². The largest absolute Gasteiger partial charge is 0.497 e. The summed E-state index contributed by atoms with van der Waals surface area (Å²) in [5.41, 5.74) is 2.77. The van der Waals surface area contributed by atoms with Crippen molar-refractivity contribution in [3.05, 3.63) is 84.7 Å². The Morgan fingerprint density at radius 1 is 0.929 bits per heavy atom. The molecular formula is C22H18N4O2. The fraction of sp³-hybridized carbons (Fsp3) is 0.0455. The molecule has 2 N–H and O–H groups in total. The second-order valence-corrected chi connectivity index (χ2v) is 6.12. The average Bonchev–Trinajstić information content (AvgIpc) is 2.75. The predicted molar refractivity (Wildman–Crippen MR) is 110 cm³/mol. The van der Waals surface area contributed by atoms with Crippen LogP contribution in [0.1, 0.15) is 10.4 Å². The molecule has 4 rings (SSSR count). The van der Waals surface area contributed by atoms with Crippen molar-refractivity contribution in [3.63, 3.8) is 0 Å². The van der Waals surface area contributed by atoms with Crippen LogP contribution in [0.5, 0.6) is 5.75 Å². The van der Waals surface area contributed by atoms with Crippen molar-refractivity contribution < 1.29 is 9.53 Å². The molecule has 4 aromatic rings. The SMILES string of the molecule is COc1ccc(Nc2cc(C(=O)Nc3cccc4cccnc34)ccn2)cc1. The quantitative estimate of drug-likeness (QED) is 0.535. The molecule has 2 aromatic carbocycles. The Balaban J connectivity index is 1.54. The number of carbonyl (C=O) groups excluding carboxylic acids is 1. The van der Waals surface area contributed by atoms with Crippen molar-refractivity contribution in [1.29, 1.82) is 0 Å². The number of nitrogens with zero attached hydrogens (tertiary/aromatic N) is 2. The number of fused-ring (bicyclic) bond motifs is 1. The molecule has 0 atom stereocenters. The lowest BCUT2D eigenvalue weighted by Crippen LogP contribution is -2.13. The van der Waals surface area contributed by atoms with Crippen LogP contribution in [0.2, 0.25) is 0 Å². The summed E-state index contributed by atoms with van der Waals surface area (Å²) in [5, 5.41) is 7.09. The Labute approximate surface area is 162 Å². The molecule has 0 spiro atoms. The number of anilines is 3. The molecule has 6 heteroatoms. The number of hydrogen-bond acceptors (Lipinski definition) is 5. The summed E-state index contributed by atoms with van der Waals surface area (Å²) in [6, 6.07) is 20.4. The molecule has 0 unspecified atom stereocenters. The maximum atomic E-state index is 12.7. The summed E-state index contributed by atoms with van der Waals surface area (Å²) in [6.07, 6.45) is 3.31. The standard InChI is InChI=1S/C22H18N4O2/c1-28-18-9-7-17(8-10-18)25-20-14-16(11-13-23-20)22(27)26-19-6-2-4-15-5-3-12-24-21(15)19/h2-14H,1H3,(H,23,25)(H,26,27). The van der Waals surface area contributed by atoms with Crippen molar-refractivity contribution >= 4 is 34.0 Å². The summed E-state index contributed by atoms with van der Waals surface area (Å²) in [7, 11) is 1.62. The maximum absolute atomic E-state index is 12.7. The zero-order chi connectivity index (χ0) is 19.3. The Morgan fingerprint density at radius 3 is 2.57 bits per heavy atom. The van der Waals surface area contributed by atoms with Crippen molar-refractivity contribution in [2.45, 2.75) is 0 Å². The third kappa shape index (κ3) is 3.76. The fourth-order valence-corrected chi connectivity index (χ4v) is 2.86. The molecule has 0 fully saturated rings. The predicted octanol–water partition coefficient (Wildman–Crippen LogP) is 4.63. The number of rotatable bonds is 5. The summed E-state index contributed by atoms with van der Waals surface area (Å²) < 4.78 is 5.16. The number of hydrogen-bond donors (Lipinski definition) is 2. The van der Waals surface area contributed by atoms with Gasteiger partial charge in [0.2, 0.25) is 0 Å². The number of amides is 1. The molecule has 6 nitrogen and oxygen atoms in total. The van der Waals surface area contributed by atoms with Crippen LogP contribution >= 0.6 is 0 Å². The molecule has 2 aromatic heterocycles. The smallest absolute Gasteiger partial charge is 0.255 e. The summed E-state index contributed by atoms with van der Waals surface area (Å²) in [6.45, 7) is 0. The normalized spacial score (nSPS) is 10.5. The number of nitrogens with one attached hydrogen (secondary N) is 2. The van der Waals surface area contributed by atoms with Gasteiger partial charge in [-0.3, -0.25) is 9.78 Å². The van der Waals surface area contributed by atoms with E-state index in [4.69, 9.17) is 4.74 Å². The van der Waals surface area contributed by atoms with E-state index in [2.05, 4.69) is 20.6 Å². The van der Waals surface area contributed by atoms with Gasteiger partial charge in [0.05, 0.1) is 18.3 Å². The molecule has 1 amide bonds. The van der Waals surface area contributed by atoms with Gasteiger partial charge in [-0.05, 0) is 48.5 Å². The Hall–Kier alpha value is -3.93. The molecule has 0 saturated heterocycles. The highest BCUT2D eigenvalue weighted by Gasteiger charge is 2.10. The zero-order valence-electron chi connectivity index (χ0n) is 15.2. The van der Waals surface area contributed by atoms with Crippen LogP contribution in [0.15, 0.2) is 79.1 Å². The van der Waals surface area contributed by atoms with E-state index in [1.807, 2.05) is 54.6 Å². The van der Waals surface area contributed by atoms with Gasteiger partial charge < -0.3 is 15.4 Å². The van der Waals surface area contributed by atoms with Crippen molar-refractivity contribution in [3.8, 4) is 5.75 Å². The lowest BCUT2D eigenvalue weighted by atomic mass is 10.1. The van der Waals surface area contributed by atoms with Gasteiger partial charge >= 0.3 is 0 Å². The topological polar surface area (TPSA) is 76.1 Å². The minimum absolute atomic E-state index is 0.224. The molecule has 0 aliphatic heterocycles. The lowest BCUT2D eigenvalue weighted by molar-refractivity contribution is 0.102. The van der Waals surface area contributed by atoms with E-state index >= 15 is 0 Å². The van der Waals surface area contributed by atoms with Gasteiger partial charge in [0.1, 0.15) is 11.6 Å². The average molecular weight is 370 g/mol. The van der Waals surface area contributed by atoms with Crippen LogP contribution in [-0.2, 0) is 0 Å². The van der Waals surface area contributed by atoms with Crippen molar-refractivity contribution in [2.75, 3.05) is 17.7 Å². The first-order chi connectivity index (χ1) is 13.7. The number of methoxy groups -OCH3 is 1. The van der Waals surface area contributed by atoms with Gasteiger partial charge in [-0.1, -0.05) is 18.2 Å². The van der Waals surface area contributed by atoms with Crippen molar-refractivity contribution in [1.82, 2.24) is 9.97 Å². The minimum Gasteiger partial charge on any atom is -0.497 e. The summed E-state index contributed by atoms with van der Waals surface area (Å²) in [5.74, 6) is 1.13. The number of ether oxygens (including phenoxy) is 1. The highest BCUT2D eigenvalue weighted by atomic mass is 16.5. The number of para-hydroxylation sites is 1. The number of aromatic nitrogens is 2. The first-order valence-corrected chi connectivity index (χ1v) is 8.75. The highest BCUT2D eigenvalue weighted by molar-refractivity contribution is 6.08. The van der Waals surface area contributed by atoms with Gasteiger partial charge in [0.25, 0.3) is 5.91 Å². The Bertz CT molecular complexity index is 1120. The van der Waals surface area contributed by atoms with Gasteiger partial charge in [0, 0.05) is 29.0 Å². The molecule has 138 valence electrons. The van der Waals surface area contributed by atoms with E-state index in [0.717, 1.165) is 22.3 Å². The molecule has 28 heavy (non-hydrogen) atoms. The van der Waals surface area contributed by atoms with E-state index in [1.165, 1.54) is 0 Å². The van der Waals surface area contributed by atoms with Crippen molar-refractivity contribution in [2.24, 2.45) is 0 Å². The van der Waals surface area contributed by atoms with Gasteiger partial charge in [-0.2, -0.15) is 0 Å².